The van der Waals surface area contributed by atoms with Crippen LogP contribution in [0.3, 0.4) is 0 Å². The first kappa shape index (κ1) is 47.5. The van der Waals surface area contributed by atoms with Gasteiger partial charge in [-0.1, -0.05) is 83.2 Å². The number of carbonyl (C=O) groups excluding carboxylic acids is 6. The summed E-state index contributed by atoms with van der Waals surface area (Å²) < 4.78 is 53.1. The predicted molar refractivity (Wildman–Crippen MR) is 240 cm³/mol. The summed E-state index contributed by atoms with van der Waals surface area (Å²) in [7, 11) is 0. The molecule has 67 heavy (non-hydrogen) atoms. The molecule has 0 aromatic heterocycles. The zero-order valence-electron chi connectivity index (χ0n) is 38.4. The van der Waals surface area contributed by atoms with Crippen molar-refractivity contribution in [2.45, 2.75) is 115 Å². The summed E-state index contributed by atoms with van der Waals surface area (Å²) in [5.41, 5.74) is 18.0. The van der Waals surface area contributed by atoms with E-state index in [0.717, 1.165) is 34.4 Å². The molecular weight excluding hydrogens is 872 g/mol. The van der Waals surface area contributed by atoms with Crippen LogP contribution in [-0.4, -0.2) is 93.6 Å². The van der Waals surface area contributed by atoms with E-state index in [1.807, 2.05) is 67.4 Å². The van der Waals surface area contributed by atoms with Gasteiger partial charge in [-0.25, -0.2) is 19.2 Å². The number of alkyl halides is 3. The first-order chi connectivity index (χ1) is 31.3. The Balaban J connectivity index is 1.32. The SMILES string of the molecule is CC1CC(C2CCCN2[C@@](C(N)=O)(C(=O)OC(N)=O)C(C)(C)C2C3=CC=C2C=C3)N(c2ccc(C(F)(F)F)cc2)[C@]1(C)C1CCCN1[C@@](C(N)=O)(C(=O)OC(N)=O)C(C)(C)C1C2=CC=C1C=C2. The Morgan fingerprint density at radius 1 is 0.642 bits per heavy atom. The van der Waals surface area contributed by atoms with Crippen LogP contribution in [-0.2, 0) is 34.8 Å². The number of hydrogen-bond acceptors (Lipinski definition) is 11. The minimum atomic E-state index is -4.68. The van der Waals surface area contributed by atoms with Crippen molar-refractivity contribution >= 4 is 41.6 Å². The van der Waals surface area contributed by atoms with E-state index in [1.54, 1.807) is 37.5 Å². The Morgan fingerprint density at radius 2 is 1.06 bits per heavy atom. The van der Waals surface area contributed by atoms with Gasteiger partial charge in [-0.3, -0.25) is 19.4 Å². The van der Waals surface area contributed by atoms with Crippen molar-refractivity contribution in [3.05, 3.63) is 101 Å². The van der Waals surface area contributed by atoms with Crippen LogP contribution in [0, 0.1) is 28.6 Å². The number of fused-ring (bicyclic) bond motifs is 4. The first-order valence-corrected chi connectivity index (χ1v) is 22.6. The van der Waals surface area contributed by atoms with Crippen LogP contribution in [0.25, 0.3) is 0 Å². The summed E-state index contributed by atoms with van der Waals surface area (Å²) in [6.07, 6.45) is 9.40. The zero-order valence-corrected chi connectivity index (χ0v) is 38.4. The van der Waals surface area contributed by atoms with Crippen LogP contribution in [0.2, 0.25) is 0 Å². The highest BCUT2D eigenvalue weighted by atomic mass is 19.4. The molecule has 3 saturated heterocycles. The molecule has 0 saturated carbocycles. The second-order valence-corrected chi connectivity index (χ2v) is 20.3. The number of rotatable bonds is 13. The van der Waals surface area contributed by atoms with Crippen molar-refractivity contribution in [2.75, 3.05) is 18.0 Å². The molecule has 0 radical (unpaired) electrons. The molecular formula is C49H58F3N7O8. The lowest BCUT2D eigenvalue weighted by Gasteiger charge is -2.57. The van der Waals surface area contributed by atoms with Crippen molar-refractivity contribution < 1.29 is 51.4 Å². The lowest BCUT2D eigenvalue weighted by Crippen LogP contribution is -2.77. The molecule has 4 bridgehead atoms. The van der Waals surface area contributed by atoms with E-state index in [2.05, 4.69) is 0 Å². The topological polar surface area (TPSA) is 235 Å². The highest BCUT2D eigenvalue weighted by molar-refractivity contribution is 6.11. The molecule has 3 fully saturated rings. The molecule has 3 aliphatic heterocycles. The molecule has 15 nitrogen and oxygen atoms in total. The van der Waals surface area contributed by atoms with Crippen molar-refractivity contribution in [1.29, 1.82) is 0 Å². The molecule has 4 unspecified atom stereocenters. The number of amides is 4. The fraction of sp³-hybridized carbons (Fsp3) is 0.510. The number of halogens is 3. The van der Waals surface area contributed by atoms with Crippen LogP contribution in [0.1, 0.15) is 79.2 Å². The second kappa shape index (κ2) is 16.1. The van der Waals surface area contributed by atoms with E-state index in [-0.39, 0.29) is 13.1 Å². The Morgan fingerprint density at radius 3 is 1.46 bits per heavy atom. The first-order valence-electron chi connectivity index (χ1n) is 22.6. The van der Waals surface area contributed by atoms with Crippen LogP contribution in [0.15, 0.2) is 95.2 Å². The Bertz CT molecular complexity index is 2480. The van der Waals surface area contributed by atoms with Gasteiger partial charge in [-0.15, -0.1) is 0 Å². The van der Waals surface area contributed by atoms with E-state index in [4.69, 9.17) is 32.4 Å². The van der Waals surface area contributed by atoms with Crippen molar-refractivity contribution in [3.8, 4) is 0 Å². The molecule has 7 aliphatic rings. The van der Waals surface area contributed by atoms with E-state index in [1.165, 1.54) is 12.1 Å². The third-order valence-corrected chi connectivity index (χ3v) is 16.7. The Labute approximate surface area is 386 Å². The monoisotopic (exact) mass is 929 g/mol. The molecule has 0 spiro atoms. The van der Waals surface area contributed by atoms with Crippen molar-refractivity contribution in [1.82, 2.24) is 9.80 Å². The molecule has 3 heterocycles. The summed E-state index contributed by atoms with van der Waals surface area (Å²) >= 11 is 0. The summed E-state index contributed by atoms with van der Waals surface area (Å²) in [6, 6.07) is 2.45. The van der Waals surface area contributed by atoms with Gasteiger partial charge in [-0.05, 0) is 91.5 Å². The molecule has 1 aromatic rings. The minimum Gasteiger partial charge on any atom is -0.375 e. The number of esters is 2. The van der Waals surface area contributed by atoms with Crippen LogP contribution >= 0.6 is 0 Å². The quantitative estimate of drug-likeness (QED) is 0.143. The van der Waals surface area contributed by atoms with Gasteiger partial charge >= 0.3 is 30.3 Å². The summed E-state index contributed by atoms with van der Waals surface area (Å²) in [4.78, 5) is 89.2. The standard InChI is InChI=1S/C49H58F3N7O8/c1-26-25-34(33-9-7-23-57(33)47(38(53)60,40(62)66-42(55)64)44(2,3)36-27-11-12-28(36)14-13-27)59(32-21-19-31(20-22-32)49(50,51)52)46(26,6)35-10-8-24-58(35)48(39(54)61,41(63)67-43(56)65)45(4,5)37-29-15-16-30(37)18-17-29/h11-22,26,33-37H,7-10,23-25H2,1-6H3,(H2,53,60)(H2,54,61)(H2,55,64)(H2,56,65)/t26?,33?,34?,35?,46-,47-,48-/m0/s1. The van der Waals surface area contributed by atoms with Gasteiger partial charge in [0.2, 0.25) is 22.9 Å². The maximum Gasteiger partial charge on any atom is 0.416 e. The van der Waals surface area contributed by atoms with E-state index < -0.39 is 111 Å². The van der Waals surface area contributed by atoms with Gasteiger partial charge in [0.05, 0.1) is 11.1 Å². The molecule has 1 aromatic carbocycles. The van der Waals surface area contributed by atoms with E-state index in [9.17, 15) is 41.9 Å². The van der Waals surface area contributed by atoms with Gasteiger partial charge in [-0.2, -0.15) is 13.2 Å². The Kier molecular flexibility index (Phi) is 11.4. The summed E-state index contributed by atoms with van der Waals surface area (Å²) in [5, 5.41) is 0. The maximum absolute atomic E-state index is 14.9. The molecule has 8 rings (SSSR count). The lowest BCUT2D eigenvalue weighted by molar-refractivity contribution is -0.173. The second-order valence-electron chi connectivity index (χ2n) is 20.3. The molecule has 8 N–H and O–H groups in total. The van der Waals surface area contributed by atoms with Crippen LogP contribution in [0.5, 0.6) is 0 Å². The number of nitrogens with zero attached hydrogens (tertiary/aromatic N) is 3. The van der Waals surface area contributed by atoms with Gasteiger partial charge in [0.15, 0.2) is 0 Å². The number of hydrogen-bond donors (Lipinski definition) is 4. The molecule has 7 atom stereocenters. The number of ether oxygens (including phenoxy) is 2. The average Bonchev–Trinajstić information content (AvgIpc) is 4.11. The average molecular weight is 930 g/mol. The molecule has 4 aliphatic carbocycles. The normalized spacial score (nSPS) is 28.2. The number of likely N-dealkylation sites (tertiary alicyclic amines) is 2. The predicted octanol–water partition coefficient (Wildman–Crippen LogP) is 5.46. The summed E-state index contributed by atoms with van der Waals surface area (Å²) in [5.74, 6) is -6.15. The van der Waals surface area contributed by atoms with Crippen LogP contribution in [0.4, 0.5) is 28.4 Å². The van der Waals surface area contributed by atoms with Crippen molar-refractivity contribution in [2.24, 2.45) is 51.5 Å². The number of allylic oxidation sites excluding steroid dienone is 12. The van der Waals surface area contributed by atoms with Gasteiger partial charge in [0.1, 0.15) is 0 Å². The number of carbonyl (C=O) groups is 6. The van der Waals surface area contributed by atoms with E-state index >= 15 is 0 Å². The third-order valence-electron chi connectivity index (χ3n) is 16.7. The van der Waals surface area contributed by atoms with E-state index in [0.29, 0.717) is 37.8 Å². The maximum atomic E-state index is 14.9. The summed E-state index contributed by atoms with van der Waals surface area (Å²) in [6.45, 7) is 11.0. The largest absolute Gasteiger partial charge is 0.416 e. The number of anilines is 1. The lowest BCUT2D eigenvalue weighted by atomic mass is 9.60. The smallest absolute Gasteiger partial charge is 0.375 e. The van der Waals surface area contributed by atoms with Gasteiger partial charge in [0.25, 0.3) is 0 Å². The zero-order chi connectivity index (χ0) is 49.0. The number of benzene rings is 1. The van der Waals surface area contributed by atoms with Crippen LogP contribution < -0.4 is 27.8 Å². The number of primary amides is 4. The van der Waals surface area contributed by atoms with Crippen molar-refractivity contribution in [3.63, 3.8) is 0 Å². The number of nitrogens with two attached hydrogens (primary N) is 4. The highest BCUT2D eigenvalue weighted by Gasteiger charge is 2.72. The molecule has 358 valence electrons. The van der Waals surface area contributed by atoms with Gasteiger partial charge in [0, 0.05) is 59.6 Å². The minimum absolute atomic E-state index is 0.117. The fourth-order valence-corrected chi connectivity index (χ4v) is 14.0. The molecule has 18 heteroatoms. The highest BCUT2D eigenvalue weighted by Crippen LogP contribution is 2.60. The fourth-order valence-electron chi connectivity index (χ4n) is 14.0. The Hall–Kier alpha value is -6.01. The molecule has 4 amide bonds. The van der Waals surface area contributed by atoms with Gasteiger partial charge < -0.3 is 37.3 Å². The third kappa shape index (κ3) is 6.66.